The molecule has 2 aromatic carbocycles. The van der Waals surface area contributed by atoms with Crippen molar-refractivity contribution in [3.05, 3.63) is 59.5 Å². The van der Waals surface area contributed by atoms with Crippen molar-refractivity contribution in [2.45, 2.75) is 83.1 Å². The fourth-order valence-electron chi connectivity index (χ4n) is 6.96. The van der Waals surface area contributed by atoms with E-state index in [-0.39, 0.29) is 30.4 Å². The van der Waals surface area contributed by atoms with Crippen molar-refractivity contribution in [2.24, 2.45) is 5.92 Å². The summed E-state index contributed by atoms with van der Waals surface area (Å²) in [4.78, 5) is 21.7. The van der Waals surface area contributed by atoms with Gasteiger partial charge in [-0.15, -0.1) is 0 Å². The first-order valence-corrected chi connectivity index (χ1v) is 13.8. The van der Waals surface area contributed by atoms with Crippen LogP contribution in [0.2, 0.25) is 0 Å². The molecule has 38 heavy (non-hydrogen) atoms. The number of carboxylic acid groups (broad SMARTS) is 1. The predicted molar refractivity (Wildman–Crippen MR) is 146 cm³/mol. The van der Waals surface area contributed by atoms with E-state index in [2.05, 4.69) is 74.1 Å². The number of nitrogens with one attached hydrogen (secondary N) is 1. The second kappa shape index (κ2) is 8.20. The van der Waals surface area contributed by atoms with Crippen LogP contribution < -0.4 is 5.46 Å². The Balaban J connectivity index is 1.15. The largest absolute Gasteiger partial charge is 0.494 e. The van der Waals surface area contributed by atoms with Gasteiger partial charge in [0.1, 0.15) is 5.82 Å². The molecular formula is C30H34BN3O4. The molecule has 7 rings (SSSR count). The number of hydrogen-bond donors (Lipinski definition) is 2. The van der Waals surface area contributed by atoms with Gasteiger partial charge >= 0.3 is 13.2 Å². The van der Waals surface area contributed by atoms with Gasteiger partial charge < -0.3 is 19.4 Å². The number of piperidine rings is 1. The minimum atomic E-state index is -0.839. The summed E-state index contributed by atoms with van der Waals surface area (Å²) < 4.78 is 12.6. The molecule has 0 spiro atoms. The van der Waals surface area contributed by atoms with Crippen LogP contribution in [0.5, 0.6) is 0 Å². The Labute approximate surface area is 223 Å². The lowest BCUT2D eigenvalue weighted by molar-refractivity contribution is 0.00578. The topological polar surface area (TPSA) is 87.7 Å². The number of likely N-dealkylation sites (tertiary alicyclic amines) is 1. The predicted octanol–water partition coefficient (Wildman–Crippen LogP) is 5.34. The quantitative estimate of drug-likeness (QED) is 0.464. The van der Waals surface area contributed by atoms with Crippen molar-refractivity contribution in [1.29, 1.82) is 0 Å². The molecule has 1 aromatic heterocycles. The number of H-pyrrole nitrogens is 1. The number of hydrogen-bond acceptors (Lipinski definition) is 4. The molecule has 2 aliphatic carbocycles. The average Bonchev–Trinajstić information content (AvgIpc) is 3.66. The second-order valence-electron chi connectivity index (χ2n) is 12.4. The first kappa shape index (κ1) is 24.0. The summed E-state index contributed by atoms with van der Waals surface area (Å²) in [6.07, 6.45) is 5.93. The fraction of sp³-hybridized carbons (Fsp3) is 0.467. The first-order valence-electron chi connectivity index (χ1n) is 13.8. The Morgan fingerprint density at radius 3 is 2.42 bits per heavy atom. The molecule has 2 saturated heterocycles. The minimum Gasteiger partial charge on any atom is -0.465 e. The first-order chi connectivity index (χ1) is 18.1. The zero-order valence-electron chi connectivity index (χ0n) is 22.5. The number of benzene rings is 2. The zero-order valence-corrected chi connectivity index (χ0v) is 22.5. The van der Waals surface area contributed by atoms with Gasteiger partial charge in [0.2, 0.25) is 0 Å². The van der Waals surface area contributed by atoms with Crippen molar-refractivity contribution in [1.82, 2.24) is 14.9 Å². The van der Waals surface area contributed by atoms with E-state index in [1.807, 2.05) is 6.20 Å². The smallest absolute Gasteiger partial charge is 0.465 e. The molecule has 7 nitrogen and oxygen atoms in total. The lowest BCUT2D eigenvalue weighted by atomic mass is 9.75. The number of rotatable bonds is 3. The molecule has 1 saturated carbocycles. The van der Waals surface area contributed by atoms with Gasteiger partial charge in [0.05, 0.1) is 29.1 Å². The van der Waals surface area contributed by atoms with Crippen LogP contribution in [0, 0.1) is 5.92 Å². The molecular weight excluding hydrogens is 477 g/mol. The number of amides is 1. The highest BCUT2D eigenvalue weighted by Crippen LogP contribution is 2.49. The van der Waals surface area contributed by atoms with E-state index in [1.54, 1.807) is 4.90 Å². The second-order valence-corrected chi connectivity index (χ2v) is 12.4. The van der Waals surface area contributed by atoms with Crippen molar-refractivity contribution >= 4 is 18.7 Å². The third kappa shape index (κ3) is 3.57. The molecule has 4 aliphatic rings. The van der Waals surface area contributed by atoms with Crippen LogP contribution >= 0.6 is 0 Å². The van der Waals surface area contributed by atoms with E-state index in [4.69, 9.17) is 9.31 Å². The third-order valence-electron chi connectivity index (χ3n) is 9.71. The standard InChI is InChI=1S/C30H34BN3O4/c1-29(2)30(3,4)38-31(37-29)21-9-12-24-18(14-21)6-5-17-13-19(8-11-23(17)24)25-16-32-27(33-25)26-20-7-10-22(15-20)34(26)28(35)36/h8-9,11-14,16,20,22,26H,5-7,10,15H2,1-4H3,(H,32,33)(H,35,36). The maximum Gasteiger partial charge on any atom is 0.494 e. The van der Waals surface area contributed by atoms with Crippen LogP contribution in [0.25, 0.3) is 22.4 Å². The molecule has 1 amide bonds. The summed E-state index contributed by atoms with van der Waals surface area (Å²) in [5.74, 6) is 1.13. The summed E-state index contributed by atoms with van der Waals surface area (Å²) in [5, 5.41) is 9.80. The zero-order chi connectivity index (χ0) is 26.4. The number of nitrogens with zero attached hydrogens (tertiary/aromatic N) is 2. The van der Waals surface area contributed by atoms with Gasteiger partial charge in [0.25, 0.3) is 0 Å². The average molecular weight is 511 g/mol. The Morgan fingerprint density at radius 2 is 1.71 bits per heavy atom. The van der Waals surface area contributed by atoms with Crippen LogP contribution in [0.15, 0.2) is 42.6 Å². The SMILES string of the molecule is CC1(C)OB(c2ccc3c(c2)CCc2cc(-c4cnc(C5C6CCC(C6)N5C(=O)O)[nH]4)ccc2-3)OC1(C)C. The molecule has 8 heteroatoms. The van der Waals surface area contributed by atoms with Crippen molar-refractivity contribution < 1.29 is 19.2 Å². The number of fused-ring (bicyclic) bond motifs is 5. The van der Waals surface area contributed by atoms with Crippen LogP contribution in [0.1, 0.15) is 70.0 Å². The molecule has 196 valence electrons. The summed E-state index contributed by atoms with van der Waals surface area (Å²) in [7, 11) is -0.351. The van der Waals surface area contributed by atoms with E-state index >= 15 is 0 Å². The summed E-state index contributed by atoms with van der Waals surface area (Å²) in [6, 6.07) is 13.2. The lowest BCUT2D eigenvalue weighted by Crippen LogP contribution is -2.41. The summed E-state index contributed by atoms with van der Waals surface area (Å²) in [5.41, 5.74) is 7.57. The number of aromatic nitrogens is 2. The van der Waals surface area contributed by atoms with Crippen LogP contribution in [-0.4, -0.2) is 50.4 Å². The molecule has 2 aliphatic heterocycles. The summed E-state index contributed by atoms with van der Waals surface area (Å²) >= 11 is 0. The maximum atomic E-state index is 11.9. The Bertz CT molecular complexity index is 1430. The van der Waals surface area contributed by atoms with Crippen molar-refractivity contribution in [3.8, 4) is 22.4 Å². The minimum absolute atomic E-state index is 0.130. The van der Waals surface area contributed by atoms with Gasteiger partial charge in [-0.25, -0.2) is 9.78 Å². The normalized spacial score (nSPS) is 26.5. The molecule has 2 bridgehead atoms. The molecule has 3 unspecified atom stereocenters. The number of aromatic amines is 1. The van der Waals surface area contributed by atoms with Gasteiger partial charge in [-0.05, 0) is 105 Å². The van der Waals surface area contributed by atoms with Gasteiger partial charge in [0, 0.05) is 6.04 Å². The van der Waals surface area contributed by atoms with E-state index < -0.39 is 6.09 Å². The van der Waals surface area contributed by atoms with Crippen molar-refractivity contribution in [3.63, 3.8) is 0 Å². The highest BCUT2D eigenvalue weighted by atomic mass is 16.7. The molecule has 3 atom stereocenters. The molecule has 3 heterocycles. The van der Waals surface area contributed by atoms with Crippen LogP contribution in [-0.2, 0) is 22.2 Å². The van der Waals surface area contributed by atoms with Crippen LogP contribution in [0.4, 0.5) is 4.79 Å². The lowest BCUT2D eigenvalue weighted by Gasteiger charge is -2.32. The number of carbonyl (C=O) groups is 1. The highest BCUT2D eigenvalue weighted by Gasteiger charge is 2.52. The van der Waals surface area contributed by atoms with Crippen molar-refractivity contribution in [2.75, 3.05) is 0 Å². The van der Waals surface area contributed by atoms with Crippen LogP contribution in [0.3, 0.4) is 0 Å². The number of imidazole rings is 1. The Morgan fingerprint density at radius 1 is 1.03 bits per heavy atom. The maximum absolute atomic E-state index is 11.9. The third-order valence-corrected chi connectivity index (χ3v) is 9.71. The van der Waals surface area contributed by atoms with Gasteiger partial charge in [-0.3, -0.25) is 4.90 Å². The monoisotopic (exact) mass is 511 g/mol. The van der Waals surface area contributed by atoms with E-state index in [0.29, 0.717) is 5.92 Å². The Hall–Kier alpha value is -3.10. The van der Waals surface area contributed by atoms with E-state index in [1.165, 1.54) is 22.3 Å². The fourth-order valence-corrected chi connectivity index (χ4v) is 6.96. The number of aryl methyl sites for hydroxylation is 2. The van der Waals surface area contributed by atoms with Gasteiger partial charge in [-0.2, -0.15) is 0 Å². The van der Waals surface area contributed by atoms with Gasteiger partial charge in [0.15, 0.2) is 0 Å². The van der Waals surface area contributed by atoms with E-state index in [0.717, 1.165) is 54.6 Å². The van der Waals surface area contributed by atoms with Gasteiger partial charge in [-0.1, -0.05) is 30.3 Å². The Kier molecular flexibility index (Phi) is 5.18. The molecule has 0 radical (unpaired) electrons. The summed E-state index contributed by atoms with van der Waals surface area (Å²) in [6.45, 7) is 8.34. The van der Waals surface area contributed by atoms with E-state index in [9.17, 15) is 9.90 Å². The molecule has 2 N–H and O–H groups in total. The molecule has 3 fully saturated rings. The highest BCUT2D eigenvalue weighted by molar-refractivity contribution is 6.62. The molecule has 3 aromatic rings.